The van der Waals surface area contributed by atoms with Crippen molar-refractivity contribution >= 4 is 17.8 Å². The van der Waals surface area contributed by atoms with E-state index < -0.39 is 18.0 Å². The van der Waals surface area contributed by atoms with E-state index in [-0.39, 0.29) is 12.5 Å². The lowest BCUT2D eigenvalue weighted by atomic mass is 10.1. The molecule has 0 fully saturated rings. The minimum absolute atomic E-state index is 0.163. The molecule has 0 aromatic rings. The van der Waals surface area contributed by atoms with Crippen LogP contribution in [0.5, 0.6) is 0 Å². The smallest absolute Gasteiger partial charge is 0.322 e. The Labute approximate surface area is 119 Å². The van der Waals surface area contributed by atoms with Gasteiger partial charge < -0.3 is 21.3 Å². The van der Waals surface area contributed by atoms with Crippen LogP contribution in [-0.2, 0) is 14.4 Å². The number of carboxylic acids is 2. The van der Waals surface area contributed by atoms with Crippen molar-refractivity contribution in [2.24, 2.45) is 5.73 Å². The highest BCUT2D eigenvalue weighted by Crippen LogP contribution is 2.04. The van der Waals surface area contributed by atoms with E-state index in [4.69, 9.17) is 15.9 Å². The van der Waals surface area contributed by atoms with Gasteiger partial charge in [-0.1, -0.05) is 32.6 Å². The first-order valence-electron chi connectivity index (χ1n) is 6.78. The molecule has 0 aromatic heterocycles. The zero-order valence-corrected chi connectivity index (χ0v) is 12.2. The van der Waals surface area contributed by atoms with Gasteiger partial charge in [-0.15, -0.1) is 0 Å². The normalized spacial score (nSPS) is 10.9. The monoisotopic (exact) mass is 290 g/mol. The van der Waals surface area contributed by atoms with Crippen LogP contribution in [-0.4, -0.2) is 40.6 Å². The average molecular weight is 290 g/mol. The second-order valence-electron chi connectivity index (χ2n) is 4.46. The van der Waals surface area contributed by atoms with Crippen LogP contribution < -0.4 is 11.1 Å². The third-order valence-corrected chi connectivity index (χ3v) is 2.33. The first-order valence-corrected chi connectivity index (χ1v) is 6.78. The van der Waals surface area contributed by atoms with E-state index in [9.17, 15) is 14.4 Å². The fourth-order valence-corrected chi connectivity index (χ4v) is 1.15. The minimum atomic E-state index is -0.996. The molecule has 0 aliphatic heterocycles. The van der Waals surface area contributed by atoms with Crippen molar-refractivity contribution in [1.29, 1.82) is 0 Å². The number of aliphatic carboxylic acids is 2. The van der Waals surface area contributed by atoms with Crippen molar-refractivity contribution < 1.29 is 24.6 Å². The van der Waals surface area contributed by atoms with Gasteiger partial charge in [0.15, 0.2) is 0 Å². The van der Waals surface area contributed by atoms with Gasteiger partial charge in [0.05, 0.1) is 0 Å². The van der Waals surface area contributed by atoms with Crippen molar-refractivity contribution in [3.05, 3.63) is 0 Å². The Kier molecular flexibility index (Phi) is 14.3. The number of nitrogens with one attached hydrogen (secondary N) is 1. The number of carbonyl (C=O) groups excluding carboxylic acids is 1. The third-order valence-electron chi connectivity index (χ3n) is 2.33. The summed E-state index contributed by atoms with van der Waals surface area (Å²) >= 11 is 0. The Morgan fingerprint density at radius 3 is 2.00 bits per heavy atom. The molecule has 0 bridgehead atoms. The van der Waals surface area contributed by atoms with Gasteiger partial charge >= 0.3 is 11.9 Å². The maximum Gasteiger partial charge on any atom is 0.322 e. The highest BCUT2D eigenvalue weighted by atomic mass is 16.4. The van der Waals surface area contributed by atoms with Crippen molar-refractivity contribution in [3.63, 3.8) is 0 Å². The van der Waals surface area contributed by atoms with E-state index in [1.165, 1.54) is 19.8 Å². The third kappa shape index (κ3) is 18.7. The number of amides is 1. The molecule has 0 spiro atoms. The molecule has 0 aliphatic rings. The van der Waals surface area contributed by atoms with Crippen molar-refractivity contribution in [2.45, 2.75) is 58.4 Å². The Morgan fingerprint density at radius 2 is 1.60 bits per heavy atom. The molecule has 7 heteroatoms. The molecule has 0 radical (unpaired) electrons. The van der Waals surface area contributed by atoms with E-state index in [0.29, 0.717) is 6.42 Å². The van der Waals surface area contributed by atoms with Gasteiger partial charge in [0.2, 0.25) is 5.91 Å². The van der Waals surface area contributed by atoms with Crippen molar-refractivity contribution in [2.75, 3.05) is 6.54 Å². The standard InChI is InChI=1S/C10H19NO3.C3H7NO2/c1-2-3-4-5-6-7-9(12)11-8-10(13)14;1-2(4)3(5)6/h2-8H2,1H3,(H,11,12)(H,13,14);2H,4H2,1H3,(H,5,6). The predicted molar refractivity (Wildman–Crippen MR) is 75.3 cm³/mol. The van der Waals surface area contributed by atoms with Gasteiger partial charge in [-0.05, 0) is 13.3 Å². The second kappa shape index (κ2) is 13.8. The number of carbonyl (C=O) groups is 3. The lowest BCUT2D eigenvalue weighted by Gasteiger charge is -2.01. The first kappa shape index (κ1) is 20.7. The average Bonchev–Trinajstić information content (AvgIpc) is 2.36. The van der Waals surface area contributed by atoms with Crippen molar-refractivity contribution in [1.82, 2.24) is 5.32 Å². The van der Waals surface area contributed by atoms with E-state index in [1.54, 1.807) is 0 Å². The van der Waals surface area contributed by atoms with Crippen LogP contribution >= 0.6 is 0 Å². The van der Waals surface area contributed by atoms with Gasteiger partial charge in [0.1, 0.15) is 12.6 Å². The maximum absolute atomic E-state index is 11.0. The molecule has 118 valence electrons. The molecule has 0 aromatic carbocycles. The zero-order valence-electron chi connectivity index (χ0n) is 12.2. The maximum atomic E-state index is 11.0. The van der Waals surface area contributed by atoms with Crippen LogP contribution in [0, 0.1) is 0 Å². The summed E-state index contributed by atoms with van der Waals surface area (Å²) in [6, 6.07) is -0.731. The highest BCUT2D eigenvalue weighted by molar-refractivity contribution is 5.80. The van der Waals surface area contributed by atoms with E-state index in [1.807, 2.05) is 0 Å². The summed E-state index contributed by atoms with van der Waals surface area (Å²) in [6.07, 6.45) is 5.89. The molecule has 7 nitrogen and oxygen atoms in total. The summed E-state index contributed by atoms with van der Waals surface area (Å²) in [5.41, 5.74) is 4.84. The molecule has 5 N–H and O–H groups in total. The summed E-state index contributed by atoms with van der Waals surface area (Å²) in [5.74, 6) is -2.12. The van der Waals surface area contributed by atoms with Crippen LogP contribution in [0.15, 0.2) is 0 Å². The molecule has 1 amide bonds. The molecule has 0 rings (SSSR count). The summed E-state index contributed by atoms with van der Waals surface area (Å²) in [5, 5.41) is 18.5. The molecular formula is C13H26N2O5. The Balaban J connectivity index is 0. The summed E-state index contributed by atoms with van der Waals surface area (Å²) in [6.45, 7) is 3.29. The summed E-state index contributed by atoms with van der Waals surface area (Å²) in [7, 11) is 0. The molecule has 0 heterocycles. The molecule has 0 aliphatic carbocycles. The number of nitrogens with two attached hydrogens (primary N) is 1. The molecule has 1 unspecified atom stereocenters. The lowest BCUT2D eigenvalue weighted by molar-refractivity contribution is -0.138. The topological polar surface area (TPSA) is 130 Å². The Bertz CT molecular complexity index is 292. The number of rotatable bonds is 9. The quantitative estimate of drug-likeness (QED) is 0.468. The van der Waals surface area contributed by atoms with E-state index in [2.05, 4.69) is 12.2 Å². The number of hydrogen-bond acceptors (Lipinski definition) is 4. The number of carboxylic acid groups (broad SMARTS) is 2. The lowest BCUT2D eigenvalue weighted by Crippen LogP contribution is -2.28. The zero-order chi connectivity index (χ0) is 16.0. The first-order chi connectivity index (χ1) is 9.31. The van der Waals surface area contributed by atoms with Crippen LogP contribution in [0.4, 0.5) is 0 Å². The van der Waals surface area contributed by atoms with Gasteiger partial charge in [-0.3, -0.25) is 14.4 Å². The fourth-order valence-electron chi connectivity index (χ4n) is 1.15. The van der Waals surface area contributed by atoms with E-state index >= 15 is 0 Å². The van der Waals surface area contributed by atoms with Crippen LogP contribution in [0.1, 0.15) is 52.4 Å². The van der Waals surface area contributed by atoms with E-state index in [0.717, 1.165) is 19.3 Å². The van der Waals surface area contributed by atoms with Crippen molar-refractivity contribution in [3.8, 4) is 0 Å². The molecular weight excluding hydrogens is 264 g/mol. The van der Waals surface area contributed by atoms with Crippen LogP contribution in [0.3, 0.4) is 0 Å². The van der Waals surface area contributed by atoms with Gasteiger partial charge in [-0.2, -0.15) is 0 Å². The molecule has 1 atom stereocenters. The van der Waals surface area contributed by atoms with Crippen LogP contribution in [0.25, 0.3) is 0 Å². The van der Waals surface area contributed by atoms with Gasteiger partial charge in [0.25, 0.3) is 0 Å². The molecule has 20 heavy (non-hydrogen) atoms. The SMILES string of the molecule is CC(N)C(=O)O.CCCCCCCC(=O)NCC(=O)O. The highest BCUT2D eigenvalue weighted by Gasteiger charge is 2.02. The molecule has 0 saturated heterocycles. The Hall–Kier alpha value is -1.63. The second-order valence-corrected chi connectivity index (χ2v) is 4.46. The number of unbranched alkanes of at least 4 members (excludes halogenated alkanes) is 4. The minimum Gasteiger partial charge on any atom is -0.480 e. The van der Waals surface area contributed by atoms with Gasteiger partial charge in [0, 0.05) is 6.42 Å². The largest absolute Gasteiger partial charge is 0.480 e. The van der Waals surface area contributed by atoms with Gasteiger partial charge in [-0.25, -0.2) is 0 Å². The molecule has 0 saturated carbocycles. The Morgan fingerprint density at radius 1 is 1.10 bits per heavy atom. The fraction of sp³-hybridized carbons (Fsp3) is 0.769. The summed E-state index contributed by atoms with van der Waals surface area (Å²) in [4.78, 5) is 30.7. The van der Waals surface area contributed by atoms with Crippen LogP contribution in [0.2, 0.25) is 0 Å². The number of hydrogen-bond donors (Lipinski definition) is 4. The predicted octanol–water partition coefficient (Wildman–Crippen LogP) is 0.966. The summed E-state index contributed by atoms with van der Waals surface area (Å²) < 4.78 is 0.